The van der Waals surface area contributed by atoms with Gasteiger partial charge >= 0.3 is 0 Å². The zero-order valence-corrected chi connectivity index (χ0v) is 21.0. The van der Waals surface area contributed by atoms with Gasteiger partial charge in [0.05, 0.1) is 16.3 Å². The van der Waals surface area contributed by atoms with E-state index < -0.39 is 5.91 Å². The summed E-state index contributed by atoms with van der Waals surface area (Å²) >= 11 is 19.6. The molecule has 2 aromatic carbocycles. The fourth-order valence-electron chi connectivity index (χ4n) is 3.73. The molecule has 6 nitrogen and oxygen atoms in total. The van der Waals surface area contributed by atoms with Crippen molar-refractivity contribution in [2.24, 2.45) is 0 Å². The lowest BCUT2D eigenvalue weighted by Crippen LogP contribution is -2.38. The van der Waals surface area contributed by atoms with Gasteiger partial charge in [0, 0.05) is 35.1 Å². The molecule has 1 saturated heterocycles. The van der Waals surface area contributed by atoms with Gasteiger partial charge in [0.25, 0.3) is 11.8 Å². The second-order valence-corrected chi connectivity index (χ2v) is 9.99. The Morgan fingerprint density at radius 2 is 1.76 bits per heavy atom. The van der Waals surface area contributed by atoms with Gasteiger partial charge in [-0.3, -0.25) is 14.5 Å². The number of halogens is 3. The van der Waals surface area contributed by atoms with Crippen molar-refractivity contribution in [3.8, 4) is 0 Å². The van der Waals surface area contributed by atoms with Crippen molar-refractivity contribution in [3.63, 3.8) is 0 Å². The Bertz CT molecular complexity index is 1180. The zero-order chi connectivity index (χ0) is 23.7. The van der Waals surface area contributed by atoms with Gasteiger partial charge in [0.15, 0.2) is 5.13 Å². The summed E-state index contributed by atoms with van der Waals surface area (Å²) in [5.41, 5.74) is 1.11. The number of carbonyl (C=O) groups is 2. The van der Waals surface area contributed by atoms with E-state index >= 15 is 0 Å². The largest absolute Gasteiger partial charge is 0.336 e. The molecule has 1 aromatic heterocycles. The van der Waals surface area contributed by atoms with Crippen LogP contribution in [-0.4, -0.2) is 59.8 Å². The Balaban J connectivity index is 1.68. The number of nitrogens with zero attached hydrogens (tertiary/aromatic N) is 4. The molecule has 0 saturated carbocycles. The molecule has 1 aliphatic rings. The summed E-state index contributed by atoms with van der Waals surface area (Å²) < 4.78 is 0. The molecule has 33 heavy (non-hydrogen) atoms. The quantitative estimate of drug-likeness (QED) is 0.420. The molecular weight excluding hydrogens is 503 g/mol. The molecular formula is C23H21Cl3N4O2S. The lowest BCUT2D eigenvalue weighted by Gasteiger charge is -2.23. The molecule has 0 radical (unpaired) electrons. The van der Waals surface area contributed by atoms with E-state index in [0.29, 0.717) is 26.6 Å². The lowest BCUT2D eigenvalue weighted by atomic mass is 10.2. The molecule has 2 heterocycles. The number of aromatic nitrogens is 1. The van der Waals surface area contributed by atoms with Crippen molar-refractivity contribution >= 4 is 68.8 Å². The minimum absolute atomic E-state index is 0.134. The summed E-state index contributed by atoms with van der Waals surface area (Å²) in [4.78, 5) is 36.5. The van der Waals surface area contributed by atoms with Gasteiger partial charge in [-0.15, -0.1) is 11.3 Å². The summed E-state index contributed by atoms with van der Waals surface area (Å²) in [5, 5.41) is 3.22. The Hall–Kier alpha value is -2.16. The molecule has 1 unspecified atom stereocenters. The van der Waals surface area contributed by atoms with Crippen molar-refractivity contribution in [2.45, 2.75) is 12.5 Å². The highest BCUT2D eigenvalue weighted by Crippen LogP contribution is 2.33. The minimum Gasteiger partial charge on any atom is -0.336 e. The van der Waals surface area contributed by atoms with Crippen molar-refractivity contribution in [1.29, 1.82) is 0 Å². The molecule has 0 N–H and O–H groups in total. The Morgan fingerprint density at radius 1 is 1.06 bits per heavy atom. The van der Waals surface area contributed by atoms with E-state index in [1.54, 1.807) is 53.7 Å². The van der Waals surface area contributed by atoms with E-state index in [1.807, 2.05) is 7.05 Å². The molecule has 10 heteroatoms. The number of amides is 2. The molecule has 0 bridgehead atoms. The first-order valence-corrected chi connectivity index (χ1v) is 12.2. The van der Waals surface area contributed by atoms with Crippen molar-refractivity contribution in [3.05, 3.63) is 74.2 Å². The first-order chi connectivity index (χ1) is 15.7. The van der Waals surface area contributed by atoms with Crippen LogP contribution < -0.4 is 4.90 Å². The summed E-state index contributed by atoms with van der Waals surface area (Å²) in [6, 6.07) is 11.6. The SMILES string of the molecule is CN1CCC(N(C)C(=O)c2csc(N(C(=O)c3ccc(Cl)cc3Cl)c3ccc(Cl)cc3)n2)C1. The third-order valence-corrected chi connectivity index (χ3v) is 7.21. The summed E-state index contributed by atoms with van der Waals surface area (Å²) in [6.45, 7) is 1.77. The van der Waals surface area contributed by atoms with Gasteiger partial charge in [-0.2, -0.15) is 0 Å². The Morgan fingerprint density at radius 3 is 2.39 bits per heavy atom. The van der Waals surface area contributed by atoms with E-state index in [4.69, 9.17) is 34.8 Å². The summed E-state index contributed by atoms with van der Waals surface area (Å²) in [7, 11) is 3.83. The number of carbonyl (C=O) groups excluding carboxylic acids is 2. The average Bonchev–Trinajstić information content (AvgIpc) is 3.43. The minimum atomic E-state index is -0.391. The van der Waals surface area contributed by atoms with Crippen LogP contribution in [0.15, 0.2) is 47.8 Å². The highest BCUT2D eigenvalue weighted by atomic mass is 35.5. The topological polar surface area (TPSA) is 56.8 Å². The van der Waals surface area contributed by atoms with Gasteiger partial charge < -0.3 is 9.80 Å². The van der Waals surface area contributed by atoms with Crippen LogP contribution in [0.1, 0.15) is 27.3 Å². The predicted molar refractivity (Wildman–Crippen MR) is 134 cm³/mol. The van der Waals surface area contributed by atoms with Crippen LogP contribution in [0.25, 0.3) is 0 Å². The van der Waals surface area contributed by atoms with Gasteiger partial charge in [-0.1, -0.05) is 34.8 Å². The maximum Gasteiger partial charge on any atom is 0.273 e. The van der Waals surface area contributed by atoms with Crippen molar-refractivity contribution < 1.29 is 9.59 Å². The number of hydrogen-bond acceptors (Lipinski definition) is 5. The molecule has 1 fully saturated rings. The van der Waals surface area contributed by atoms with Crippen LogP contribution in [-0.2, 0) is 0 Å². The molecule has 3 aromatic rings. The second kappa shape index (κ2) is 9.99. The normalized spacial score (nSPS) is 16.1. The standard InChI is InChI=1S/C23H21Cl3N4O2S/c1-28-10-9-17(12-28)29(2)22(32)20-13-33-23(27-20)30(16-6-3-14(24)4-7-16)21(31)18-8-5-15(25)11-19(18)26/h3-8,11,13,17H,9-10,12H2,1-2H3. The molecule has 2 amide bonds. The molecule has 1 atom stereocenters. The number of benzene rings is 2. The predicted octanol–water partition coefficient (Wildman–Crippen LogP) is 5.86. The molecule has 1 aliphatic heterocycles. The lowest BCUT2D eigenvalue weighted by molar-refractivity contribution is 0.0732. The Labute approximate surface area is 211 Å². The number of likely N-dealkylation sites (N-methyl/N-ethyl adjacent to an activating group) is 2. The van der Waals surface area contributed by atoms with Gasteiger partial charge in [-0.25, -0.2) is 4.98 Å². The fraction of sp³-hybridized carbons (Fsp3) is 0.261. The first-order valence-electron chi connectivity index (χ1n) is 10.2. The highest BCUT2D eigenvalue weighted by Gasteiger charge is 2.30. The van der Waals surface area contributed by atoms with Crippen molar-refractivity contribution in [1.82, 2.24) is 14.8 Å². The second-order valence-electron chi connectivity index (χ2n) is 7.88. The highest BCUT2D eigenvalue weighted by molar-refractivity contribution is 7.14. The number of hydrogen-bond donors (Lipinski definition) is 0. The number of rotatable bonds is 5. The smallest absolute Gasteiger partial charge is 0.273 e. The van der Waals surface area contributed by atoms with Crippen LogP contribution >= 0.6 is 46.1 Å². The Kier molecular flexibility index (Phi) is 7.26. The van der Waals surface area contributed by atoms with E-state index in [-0.39, 0.29) is 22.5 Å². The van der Waals surface area contributed by atoms with Gasteiger partial charge in [-0.05, 0) is 62.5 Å². The van der Waals surface area contributed by atoms with E-state index in [2.05, 4.69) is 9.88 Å². The van der Waals surface area contributed by atoms with E-state index in [9.17, 15) is 9.59 Å². The van der Waals surface area contributed by atoms with Gasteiger partial charge in [0.1, 0.15) is 5.69 Å². The first kappa shape index (κ1) is 24.0. The maximum atomic E-state index is 13.6. The van der Waals surface area contributed by atoms with Crippen LogP contribution in [0.2, 0.25) is 15.1 Å². The van der Waals surface area contributed by atoms with Crippen LogP contribution in [0.4, 0.5) is 10.8 Å². The maximum absolute atomic E-state index is 13.6. The van der Waals surface area contributed by atoms with Crippen LogP contribution in [0.5, 0.6) is 0 Å². The third-order valence-electron chi connectivity index (χ3n) is 5.59. The van der Waals surface area contributed by atoms with E-state index in [0.717, 1.165) is 19.5 Å². The number of anilines is 2. The zero-order valence-electron chi connectivity index (χ0n) is 18.0. The third kappa shape index (κ3) is 5.18. The van der Waals surface area contributed by atoms with Crippen molar-refractivity contribution in [2.75, 3.05) is 32.1 Å². The summed E-state index contributed by atoms with van der Waals surface area (Å²) in [6.07, 6.45) is 0.917. The molecule has 172 valence electrons. The average molecular weight is 524 g/mol. The fourth-order valence-corrected chi connectivity index (χ4v) is 5.16. The van der Waals surface area contributed by atoms with E-state index in [1.165, 1.54) is 22.3 Å². The number of likely N-dealkylation sites (tertiary alicyclic amines) is 1. The molecule has 0 aliphatic carbocycles. The molecule has 0 spiro atoms. The molecule has 4 rings (SSSR count). The number of thiazole rings is 1. The van der Waals surface area contributed by atoms with Crippen LogP contribution in [0, 0.1) is 0 Å². The summed E-state index contributed by atoms with van der Waals surface area (Å²) in [5.74, 6) is -0.566. The van der Waals surface area contributed by atoms with Crippen LogP contribution in [0.3, 0.4) is 0 Å². The van der Waals surface area contributed by atoms with Gasteiger partial charge in [0.2, 0.25) is 0 Å². The monoisotopic (exact) mass is 522 g/mol.